The van der Waals surface area contributed by atoms with E-state index in [9.17, 15) is 4.79 Å². The summed E-state index contributed by atoms with van der Waals surface area (Å²) < 4.78 is 5.65. The van der Waals surface area contributed by atoms with Gasteiger partial charge in [0.1, 0.15) is 21.0 Å². The zero-order valence-electron chi connectivity index (χ0n) is 19.1. The molecule has 4 heterocycles. The van der Waals surface area contributed by atoms with Gasteiger partial charge in [-0.15, -0.1) is 11.3 Å². The third-order valence-corrected chi connectivity index (χ3v) is 7.93. The summed E-state index contributed by atoms with van der Waals surface area (Å²) in [5.41, 5.74) is 16.2. The molecule has 2 aliphatic rings. The van der Waals surface area contributed by atoms with Crippen LogP contribution in [0.3, 0.4) is 0 Å². The molecule has 3 aromatic heterocycles. The van der Waals surface area contributed by atoms with Gasteiger partial charge in [-0.2, -0.15) is 0 Å². The van der Waals surface area contributed by atoms with Crippen LogP contribution in [0.4, 0.5) is 11.5 Å². The van der Waals surface area contributed by atoms with Gasteiger partial charge >= 0.3 is 0 Å². The number of aryl methyl sites for hydroxylation is 2. The number of rotatable bonds is 4. The first kappa shape index (κ1) is 22.0. The molecule has 10 heteroatoms. The number of hydrogen-bond acceptors (Lipinski definition) is 9. The van der Waals surface area contributed by atoms with Crippen molar-refractivity contribution in [2.75, 3.05) is 30.8 Å². The van der Waals surface area contributed by atoms with Crippen LogP contribution in [0.15, 0.2) is 18.3 Å². The van der Waals surface area contributed by atoms with Crippen LogP contribution in [0.2, 0.25) is 0 Å². The molecule has 5 N–H and O–H groups in total. The van der Waals surface area contributed by atoms with Gasteiger partial charge in [-0.1, -0.05) is 6.07 Å². The lowest BCUT2D eigenvalue weighted by atomic mass is 9.91. The predicted octanol–water partition coefficient (Wildman–Crippen LogP) is 1.82. The van der Waals surface area contributed by atoms with Crippen molar-refractivity contribution in [3.63, 3.8) is 0 Å². The van der Waals surface area contributed by atoms with Crippen LogP contribution in [0.5, 0.6) is 0 Å². The minimum atomic E-state index is -0.370. The second kappa shape index (κ2) is 8.19. The average molecular weight is 468 g/mol. The topological polar surface area (TPSA) is 132 Å². The molecular weight excluding hydrogens is 438 g/mol. The Morgan fingerprint density at radius 2 is 2.18 bits per heavy atom. The van der Waals surface area contributed by atoms with E-state index in [4.69, 9.17) is 21.2 Å². The van der Waals surface area contributed by atoms with Gasteiger partial charge in [0.25, 0.3) is 5.91 Å². The molecule has 9 nitrogen and oxygen atoms in total. The zero-order valence-corrected chi connectivity index (χ0v) is 19.9. The van der Waals surface area contributed by atoms with Crippen molar-refractivity contribution in [1.82, 2.24) is 20.3 Å². The number of thiophene rings is 1. The van der Waals surface area contributed by atoms with Crippen LogP contribution < -0.4 is 21.7 Å². The van der Waals surface area contributed by atoms with Gasteiger partial charge in [0.2, 0.25) is 0 Å². The Morgan fingerprint density at radius 3 is 2.94 bits per heavy atom. The highest BCUT2D eigenvalue weighted by Gasteiger charge is 2.41. The molecule has 1 aliphatic carbocycles. The molecule has 1 saturated heterocycles. The smallest absolute Gasteiger partial charge is 0.263 e. The highest BCUT2D eigenvalue weighted by atomic mass is 32.1. The number of fused-ring (bicyclic) bond motifs is 2. The zero-order chi connectivity index (χ0) is 23.3. The fraction of sp³-hybridized carbons (Fsp3) is 0.478. The molecule has 1 amide bonds. The highest BCUT2D eigenvalue weighted by Crippen LogP contribution is 2.32. The number of methoxy groups -OCH3 is 1. The molecule has 3 aromatic rings. The number of nitrogens with one attached hydrogen (secondary N) is 1. The largest absolute Gasteiger partial charge is 0.396 e. The molecule has 0 spiro atoms. The van der Waals surface area contributed by atoms with Crippen molar-refractivity contribution >= 4 is 39.1 Å². The molecule has 0 saturated carbocycles. The van der Waals surface area contributed by atoms with Crippen molar-refractivity contribution in [2.24, 2.45) is 5.73 Å². The second-order valence-corrected chi connectivity index (χ2v) is 10.2. The van der Waals surface area contributed by atoms with Gasteiger partial charge in [-0.05, 0) is 44.7 Å². The van der Waals surface area contributed by atoms with Crippen molar-refractivity contribution in [3.05, 3.63) is 40.2 Å². The quantitative estimate of drug-likeness (QED) is 0.529. The van der Waals surface area contributed by atoms with E-state index in [1.165, 1.54) is 11.3 Å². The monoisotopic (exact) mass is 467 g/mol. The van der Waals surface area contributed by atoms with E-state index in [0.29, 0.717) is 27.5 Å². The first-order valence-corrected chi connectivity index (χ1v) is 12.0. The Morgan fingerprint density at radius 1 is 1.36 bits per heavy atom. The minimum Gasteiger partial charge on any atom is -0.396 e. The summed E-state index contributed by atoms with van der Waals surface area (Å²) >= 11 is 1.29. The van der Waals surface area contributed by atoms with Crippen molar-refractivity contribution in [1.29, 1.82) is 0 Å². The van der Waals surface area contributed by atoms with Crippen LogP contribution in [-0.4, -0.2) is 58.7 Å². The molecule has 1 fully saturated rings. The van der Waals surface area contributed by atoms with Crippen LogP contribution in [-0.2, 0) is 17.6 Å². The third kappa shape index (κ3) is 3.92. The summed E-state index contributed by atoms with van der Waals surface area (Å²) in [4.78, 5) is 30.0. The third-order valence-electron chi connectivity index (χ3n) is 6.85. The summed E-state index contributed by atoms with van der Waals surface area (Å²) in [5, 5.41) is 3.15. The number of hydrogen-bond donors (Lipinski definition) is 3. The lowest BCUT2D eigenvalue weighted by molar-refractivity contribution is 0.0129. The molecule has 33 heavy (non-hydrogen) atoms. The maximum Gasteiger partial charge on any atom is 0.263 e. The van der Waals surface area contributed by atoms with E-state index in [1.54, 1.807) is 13.3 Å². The van der Waals surface area contributed by atoms with Crippen LogP contribution in [0, 0.1) is 6.92 Å². The molecule has 3 atom stereocenters. The van der Waals surface area contributed by atoms with Gasteiger partial charge in [-0.3, -0.25) is 4.79 Å². The minimum absolute atomic E-state index is 0.0295. The van der Waals surface area contributed by atoms with Gasteiger partial charge in [-0.25, -0.2) is 15.0 Å². The first-order valence-electron chi connectivity index (χ1n) is 11.1. The number of aromatic nitrogens is 3. The number of ether oxygens (including phenoxy) is 1. The number of anilines is 2. The molecule has 0 aromatic carbocycles. The fourth-order valence-electron chi connectivity index (χ4n) is 4.67. The Hall–Kier alpha value is -2.82. The summed E-state index contributed by atoms with van der Waals surface area (Å²) in [6.07, 6.45) is 4.03. The number of nitrogens with two attached hydrogens (primary N) is 2. The average Bonchev–Trinajstić information content (AvgIpc) is 3.29. The van der Waals surface area contributed by atoms with Gasteiger partial charge < -0.3 is 26.4 Å². The molecule has 0 radical (unpaired) electrons. The summed E-state index contributed by atoms with van der Waals surface area (Å²) in [5.74, 6) is 0.763. The number of carbonyl (C=O) groups is 1. The second-order valence-electron chi connectivity index (χ2n) is 9.20. The Bertz CT molecular complexity index is 1230. The molecule has 0 bridgehead atoms. The van der Waals surface area contributed by atoms with Crippen LogP contribution in [0.1, 0.15) is 40.0 Å². The van der Waals surface area contributed by atoms with E-state index in [2.05, 4.69) is 26.3 Å². The standard InChI is InChI=1S/C23H29N7O2S/c1-12-9-26-19-18(25)20(33-22(19)27-12)21(31)28-14-5-6-15-13(8-14)4-7-17(29-15)30-10-16(24)23(2,11-30)32-3/h4,7,9,14,16H,5-6,8,10-11,24-25H2,1-3H3,(H,28,31)/t14-,16-,23-/m0/s1. The predicted molar refractivity (Wildman–Crippen MR) is 130 cm³/mol. The Labute approximate surface area is 196 Å². The SMILES string of the molecule is CO[C@@]1(C)CN(c2ccc3c(n2)CC[C@H](NC(=O)c2sc4nc(C)cnc4c2N)C3)C[C@@H]1N. The molecule has 1 aliphatic heterocycles. The lowest BCUT2D eigenvalue weighted by Crippen LogP contribution is -2.45. The number of pyridine rings is 1. The molecule has 5 rings (SSSR count). The van der Waals surface area contributed by atoms with Gasteiger partial charge in [0, 0.05) is 38.1 Å². The Balaban J connectivity index is 1.28. The van der Waals surface area contributed by atoms with E-state index < -0.39 is 0 Å². The highest BCUT2D eigenvalue weighted by molar-refractivity contribution is 7.21. The van der Waals surface area contributed by atoms with E-state index in [0.717, 1.165) is 48.6 Å². The van der Waals surface area contributed by atoms with Crippen LogP contribution >= 0.6 is 11.3 Å². The van der Waals surface area contributed by atoms with Crippen LogP contribution in [0.25, 0.3) is 10.3 Å². The molecule has 174 valence electrons. The number of nitrogens with zero attached hydrogens (tertiary/aromatic N) is 4. The van der Waals surface area contributed by atoms with E-state index in [1.807, 2.05) is 19.9 Å². The van der Waals surface area contributed by atoms with E-state index in [-0.39, 0.29) is 23.6 Å². The molecular formula is C23H29N7O2S. The summed E-state index contributed by atoms with van der Waals surface area (Å²) in [6.45, 7) is 5.35. The number of amides is 1. The first-order chi connectivity index (χ1) is 15.8. The summed E-state index contributed by atoms with van der Waals surface area (Å²) in [7, 11) is 1.71. The van der Waals surface area contributed by atoms with Gasteiger partial charge in [0.05, 0.1) is 23.0 Å². The van der Waals surface area contributed by atoms with Gasteiger partial charge in [0.15, 0.2) is 0 Å². The van der Waals surface area contributed by atoms with Crippen molar-refractivity contribution < 1.29 is 9.53 Å². The van der Waals surface area contributed by atoms with Crippen molar-refractivity contribution in [3.8, 4) is 0 Å². The summed E-state index contributed by atoms with van der Waals surface area (Å²) in [6, 6.07) is 4.13. The van der Waals surface area contributed by atoms with Crippen molar-refractivity contribution in [2.45, 2.75) is 50.8 Å². The lowest BCUT2D eigenvalue weighted by Gasteiger charge is -2.27. The number of nitrogen functional groups attached to an aromatic ring is 1. The molecule has 0 unspecified atom stereocenters. The maximum atomic E-state index is 13.0. The van der Waals surface area contributed by atoms with E-state index >= 15 is 0 Å². The normalized spacial score (nSPS) is 24.8. The maximum absolute atomic E-state index is 13.0. The fourth-order valence-corrected chi connectivity index (χ4v) is 5.67. The number of carbonyl (C=O) groups excluding carboxylic acids is 1. The Kier molecular flexibility index (Phi) is 5.46.